The molecule has 0 saturated carbocycles. The van der Waals surface area contributed by atoms with Gasteiger partial charge >= 0.3 is 0 Å². The van der Waals surface area contributed by atoms with Gasteiger partial charge in [-0.2, -0.15) is 0 Å². The minimum atomic E-state index is 0.200. The van der Waals surface area contributed by atoms with E-state index in [2.05, 4.69) is 33.0 Å². The second-order valence-electron chi connectivity index (χ2n) is 4.43. The van der Waals surface area contributed by atoms with Gasteiger partial charge in [0.1, 0.15) is 0 Å². The van der Waals surface area contributed by atoms with E-state index in [1.165, 1.54) is 12.8 Å². The van der Waals surface area contributed by atoms with Crippen LogP contribution >= 0.6 is 0 Å². The Balaban J connectivity index is 2.70. The van der Waals surface area contributed by atoms with Crippen LogP contribution in [0.15, 0.2) is 0 Å². The van der Waals surface area contributed by atoms with Gasteiger partial charge in [-0.15, -0.1) is 0 Å². The lowest BCUT2D eigenvalue weighted by Crippen LogP contribution is -2.50. The minimum absolute atomic E-state index is 0.200. The molecule has 0 spiro atoms. The Hall–Kier alpha value is -0.0400. The highest BCUT2D eigenvalue weighted by atomic mass is 15.0. The summed E-state index contributed by atoms with van der Waals surface area (Å²) in [6.07, 6.45) is 2.60. The van der Waals surface area contributed by atoms with Crippen molar-refractivity contribution in [3.05, 3.63) is 0 Å². The molecule has 1 nitrogen and oxygen atoms in total. The van der Waals surface area contributed by atoms with Gasteiger partial charge in [0.25, 0.3) is 0 Å². The van der Waals surface area contributed by atoms with Crippen LogP contribution in [0.25, 0.3) is 0 Å². The van der Waals surface area contributed by atoms with E-state index in [0.717, 1.165) is 6.54 Å². The largest absolute Gasteiger partial charge is 0.235 e. The van der Waals surface area contributed by atoms with E-state index in [1.54, 1.807) is 0 Å². The summed E-state index contributed by atoms with van der Waals surface area (Å²) >= 11 is 0. The van der Waals surface area contributed by atoms with Crippen LogP contribution in [0.4, 0.5) is 0 Å². The molecule has 0 atom stereocenters. The molecule has 0 aromatic carbocycles. The Bertz CT molecular complexity index is 109. The lowest BCUT2D eigenvalue weighted by Gasteiger charge is -2.45. The van der Waals surface area contributed by atoms with Crippen molar-refractivity contribution in [3.63, 3.8) is 0 Å². The van der Waals surface area contributed by atoms with E-state index >= 15 is 0 Å². The van der Waals surface area contributed by atoms with Crippen LogP contribution in [-0.4, -0.2) is 12.1 Å². The first kappa shape index (κ1) is 8.06. The maximum Gasteiger partial charge on any atom is 0.0351 e. The van der Waals surface area contributed by atoms with Crippen molar-refractivity contribution in [1.82, 2.24) is 5.32 Å². The predicted molar refractivity (Wildman–Crippen MR) is 44.1 cm³/mol. The normalized spacial score (nSPS) is 30.0. The molecule has 1 fully saturated rings. The summed E-state index contributed by atoms with van der Waals surface area (Å²) in [5.74, 6) is 0. The van der Waals surface area contributed by atoms with Gasteiger partial charge < -0.3 is 0 Å². The van der Waals surface area contributed by atoms with Crippen molar-refractivity contribution in [2.45, 2.75) is 46.1 Å². The third-order valence-electron chi connectivity index (χ3n) is 3.12. The summed E-state index contributed by atoms with van der Waals surface area (Å²) in [5, 5.41) is 4.61. The van der Waals surface area contributed by atoms with Crippen LogP contribution in [-0.2, 0) is 0 Å². The van der Waals surface area contributed by atoms with Crippen LogP contribution in [0.5, 0.6) is 0 Å². The van der Waals surface area contributed by atoms with Gasteiger partial charge in [0.05, 0.1) is 0 Å². The molecular weight excluding hydrogens is 122 g/mol. The van der Waals surface area contributed by atoms with E-state index in [0.29, 0.717) is 5.41 Å². The summed E-state index contributed by atoms with van der Waals surface area (Å²) in [6.45, 7) is 10.2. The minimum Gasteiger partial charge on any atom is -0.235 e. The van der Waals surface area contributed by atoms with Gasteiger partial charge in [-0.1, -0.05) is 13.8 Å². The summed E-state index contributed by atoms with van der Waals surface area (Å²) < 4.78 is 0. The van der Waals surface area contributed by atoms with Gasteiger partial charge in [-0.3, -0.25) is 0 Å². The summed E-state index contributed by atoms with van der Waals surface area (Å²) in [7, 11) is 0. The zero-order chi connectivity index (χ0) is 7.83. The van der Waals surface area contributed by atoms with Crippen LogP contribution in [0.1, 0.15) is 40.5 Å². The highest BCUT2D eigenvalue weighted by Gasteiger charge is 2.39. The topological polar surface area (TPSA) is 14.1 Å². The lowest BCUT2D eigenvalue weighted by atomic mass is 9.69. The zero-order valence-electron chi connectivity index (χ0n) is 7.57. The number of piperidine rings is 1. The second kappa shape index (κ2) is 2.23. The molecule has 1 heteroatoms. The number of rotatable bonds is 0. The molecule has 1 heterocycles. The molecule has 0 N–H and O–H groups in total. The average molecular weight is 140 g/mol. The Kier molecular flexibility index (Phi) is 1.80. The van der Waals surface area contributed by atoms with Crippen LogP contribution < -0.4 is 5.32 Å². The third kappa shape index (κ3) is 1.20. The molecule has 1 rings (SSSR count). The van der Waals surface area contributed by atoms with Crippen LogP contribution in [0, 0.1) is 5.41 Å². The molecule has 0 unspecified atom stereocenters. The SMILES string of the molecule is CC1(C)CCC[N]C1(C)C. The number of hydrogen-bond donors (Lipinski definition) is 0. The number of hydrogen-bond acceptors (Lipinski definition) is 0. The van der Waals surface area contributed by atoms with Crippen LogP contribution in [0.2, 0.25) is 0 Å². The van der Waals surface area contributed by atoms with Gasteiger partial charge in [-0.25, -0.2) is 5.32 Å². The van der Waals surface area contributed by atoms with E-state index < -0.39 is 0 Å². The molecule has 0 aromatic heterocycles. The highest BCUT2D eigenvalue weighted by Crippen LogP contribution is 2.38. The standard InChI is InChI=1S/C9H18N/c1-8(2)6-5-7-10-9(8,3)4/h5-7H2,1-4H3. The van der Waals surface area contributed by atoms with Crippen molar-refractivity contribution in [2.75, 3.05) is 6.54 Å². The molecule has 1 radical (unpaired) electrons. The third-order valence-corrected chi connectivity index (χ3v) is 3.12. The van der Waals surface area contributed by atoms with Crippen molar-refractivity contribution in [2.24, 2.45) is 5.41 Å². The molecule has 1 aliphatic heterocycles. The Morgan fingerprint density at radius 1 is 1.10 bits per heavy atom. The van der Waals surface area contributed by atoms with E-state index in [4.69, 9.17) is 0 Å². The van der Waals surface area contributed by atoms with E-state index in [-0.39, 0.29) is 5.54 Å². The number of nitrogens with zero attached hydrogens (tertiary/aromatic N) is 1. The lowest BCUT2D eigenvalue weighted by molar-refractivity contribution is 0.101. The van der Waals surface area contributed by atoms with Crippen LogP contribution in [0.3, 0.4) is 0 Å². The molecule has 0 aliphatic carbocycles. The fraction of sp³-hybridized carbons (Fsp3) is 1.00. The Morgan fingerprint density at radius 3 is 2.00 bits per heavy atom. The highest BCUT2D eigenvalue weighted by molar-refractivity contribution is 4.95. The van der Waals surface area contributed by atoms with Crippen molar-refractivity contribution >= 4 is 0 Å². The Morgan fingerprint density at radius 2 is 1.70 bits per heavy atom. The Labute approximate surface area is 64.2 Å². The molecule has 59 valence electrons. The van der Waals surface area contributed by atoms with Gasteiger partial charge in [-0.05, 0) is 32.1 Å². The first-order chi connectivity index (χ1) is 4.46. The van der Waals surface area contributed by atoms with Gasteiger partial charge in [0.15, 0.2) is 0 Å². The first-order valence-corrected chi connectivity index (χ1v) is 4.14. The molecular formula is C9H18N. The van der Waals surface area contributed by atoms with Crippen molar-refractivity contribution in [3.8, 4) is 0 Å². The van der Waals surface area contributed by atoms with E-state index in [1.807, 2.05) is 0 Å². The molecule has 1 aliphatic rings. The molecule has 10 heavy (non-hydrogen) atoms. The second-order valence-corrected chi connectivity index (χ2v) is 4.43. The summed E-state index contributed by atoms with van der Waals surface area (Å²) in [6, 6.07) is 0. The smallest absolute Gasteiger partial charge is 0.0351 e. The maximum absolute atomic E-state index is 4.61. The van der Waals surface area contributed by atoms with Crippen molar-refractivity contribution < 1.29 is 0 Å². The van der Waals surface area contributed by atoms with Gasteiger partial charge in [0.2, 0.25) is 0 Å². The fourth-order valence-electron chi connectivity index (χ4n) is 1.40. The van der Waals surface area contributed by atoms with Gasteiger partial charge in [0, 0.05) is 12.1 Å². The summed E-state index contributed by atoms with van der Waals surface area (Å²) in [4.78, 5) is 0. The molecule has 0 aromatic rings. The van der Waals surface area contributed by atoms with Crippen molar-refractivity contribution in [1.29, 1.82) is 0 Å². The molecule has 1 saturated heterocycles. The molecule has 0 bridgehead atoms. The zero-order valence-corrected chi connectivity index (χ0v) is 7.57. The first-order valence-electron chi connectivity index (χ1n) is 4.14. The fourth-order valence-corrected chi connectivity index (χ4v) is 1.40. The maximum atomic E-state index is 4.61. The molecule has 0 amide bonds. The van der Waals surface area contributed by atoms with E-state index in [9.17, 15) is 0 Å². The monoisotopic (exact) mass is 140 g/mol. The summed E-state index contributed by atoms with van der Waals surface area (Å²) in [5.41, 5.74) is 0.608. The predicted octanol–water partition coefficient (Wildman–Crippen LogP) is 2.19. The average Bonchev–Trinajstić information content (AvgIpc) is 1.77. The quantitative estimate of drug-likeness (QED) is 0.489.